The summed E-state index contributed by atoms with van der Waals surface area (Å²) < 4.78 is 74.9. The summed E-state index contributed by atoms with van der Waals surface area (Å²) in [4.78, 5) is 28.9. The minimum atomic E-state index is -4.74. The Kier molecular flexibility index (Phi) is 10.8. The van der Waals surface area contributed by atoms with E-state index in [1.54, 1.807) is 50.2 Å². The second kappa shape index (κ2) is 14.4. The minimum absolute atomic E-state index is 0.0204. The van der Waals surface area contributed by atoms with Gasteiger partial charge >= 0.3 is 6.18 Å². The number of nitrogens with one attached hydrogen (secondary N) is 1. The quantitative estimate of drug-likeness (QED) is 0.258. The molecule has 1 atom stereocenters. The van der Waals surface area contributed by atoms with E-state index < -0.39 is 40.3 Å². The van der Waals surface area contributed by atoms with Crippen LogP contribution in [-0.2, 0) is 32.3 Å². The molecule has 0 aliphatic heterocycles. The Morgan fingerprint density at radius 1 is 1.00 bits per heavy atom. The fourth-order valence-electron chi connectivity index (χ4n) is 5.42. The van der Waals surface area contributed by atoms with Crippen molar-refractivity contribution >= 4 is 27.5 Å². The van der Waals surface area contributed by atoms with Crippen molar-refractivity contribution in [3.8, 4) is 5.75 Å². The summed E-state index contributed by atoms with van der Waals surface area (Å²) in [5.41, 5.74) is 0.0456. The van der Waals surface area contributed by atoms with Crippen LogP contribution in [0.15, 0.2) is 77.7 Å². The van der Waals surface area contributed by atoms with Crippen LogP contribution in [0.25, 0.3) is 0 Å². The number of benzene rings is 3. The summed E-state index contributed by atoms with van der Waals surface area (Å²) in [5, 5.41) is 3.03. The van der Waals surface area contributed by atoms with Gasteiger partial charge < -0.3 is 15.0 Å². The van der Waals surface area contributed by atoms with Gasteiger partial charge in [-0.25, -0.2) is 8.42 Å². The standard InChI is InChI=1S/C33H38F3N3O5S/c1-4-30(32(41)37-26-9-5-6-10-26)38(21-24-14-16-28(44-3)17-15-24)31(40)22-39(27-11-7-8-25(20-27)33(34,35)36)45(42,43)29-18-12-23(2)13-19-29/h7-8,11-20,26,30H,4-6,9-10,21-22H2,1-3H3,(H,37,41). The molecule has 45 heavy (non-hydrogen) atoms. The molecule has 0 saturated heterocycles. The Balaban J connectivity index is 1.75. The highest BCUT2D eigenvalue weighted by Crippen LogP contribution is 2.33. The van der Waals surface area contributed by atoms with Crippen molar-refractivity contribution in [2.24, 2.45) is 0 Å². The molecule has 8 nitrogen and oxygen atoms in total. The first-order valence-corrected chi connectivity index (χ1v) is 16.3. The van der Waals surface area contributed by atoms with E-state index in [0.717, 1.165) is 43.4 Å². The molecule has 3 aromatic carbocycles. The first kappa shape index (κ1) is 33.8. The van der Waals surface area contributed by atoms with E-state index in [4.69, 9.17) is 4.74 Å². The van der Waals surface area contributed by atoms with E-state index in [9.17, 15) is 31.2 Å². The molecule has 0 bridgehead atoms. The average Bonchev–Trinajstić information content (AvgIpc) is 3.52. The number of ether oxygens (including phenoxy) is 1. The van der Waals surface area contributed by atoms with Gasteiger partial charge in [0.05, 0.1) is 23.3 Å². The lowest BCUT2D eigenvalue weighted by Crippen LogP contribution is -2.53. The van der Waals surface area contributed by atoms with E-state index in [1.165, 1.54) is 30.2 Å². The van der Waals surface area contributed by atoms with Crippen LogP contribution in [-0.4, -0.2) is 50.9 Å². The predicted molar refractivity (Wildman–Crippen MR) is 165 cm³/mol. The number of hydrogen-bond donors (Lipinski definition) is 1. The van der Waals surface area contributed by atoms with Gasteiger partial charge in [0.25, 0.3) is 10.0 Å². The third kappa shape index (κ3) is 8.36. The van der Waals surface area contributed by atoms with Gasteiger partial charge in [-0.15, -0.1) is 0 Å². The Labute approximate surface area is 262 Å². The van der Waals surface area contributed by atoms with E-state index in [2.05, 4.69) is 5.32 Å². The van der Waals surface area contributed by atoms with Gasteiger partial charge in [-0.05, 0) is 74.2 Å². The molecule has 1 aliphatic rings. The molecule has 0 spiro atoms. The van der Waals surface area contributed by atoms with Crippen molar-refractivity contribution in [3.63, 3.8) is 0 Å². The highest BCUT2D eigenvalue weighted by Gasteiger charge is 2.36. The first-order chi connectivity index (χ1) is 21.3. The number of rotatable bonds is 12. The maximum atomic E-state index is 14.2. The van der Waals surface area contributed by atoms with Crippen molar-refractivity contribution in [2.45, 2.75) is 75.7 Å². The number of carbonyl (C=O) groups is 2. The molecular weight excluding hydrogens is 607 g/mol. The molecule has 0 heterocycles. The number of aryl methyl sites for hydroxylation is 1. The zero-order valence-electron chi connectivity index (χ0n) is 25.5. The van der Waals surface area contributed by atoms with Crippen LogP contribution >= 0.6 is 0 Å². The average molecular weight is 646 g/mol. The van der Waals surface area contributed by atoms with Crippen molar-refractivity contribution < 1.29 is 35.9 Å². The molecular formula is C33H38F3N3O5S. The fraction of sp³-hybridized carbons (Fsp3) is 0.394. The van der Waals surface area contributed by atoms with Crippen LogP contribution in [0.1, 0.15) is 55.7 Å². The topological polar surface area (TPSA) is 96.0 Å². The molecule has 1 aliphatic carbocycles. The molecule has 4 rings (SSSR count). The molecule has 3 aromatic rings. The van der Waals surface area contributed by atoms with Crippen molar-refractivity contribution in [1.29, 1.82) is 0 Å². The van der Waals surface area contributed by atoms with Crippen molar-refractivity contribution in [3.05, 3.63) is 89.5 Å². The third-order valence-corrected chi connectivity index (χ3v) is 9.74. The van der Waals surface area contributed by atoms with Gasteiger partial charge in [-0.1, -0.05) is 55.7 Å². The van der Waals surface area contributed by atoms with Crippen LogP contribution in [0.3, 0.4) is 0 Å². The van der Waals surface area contributed by atoms with E-state index in [-0.39, 0.29) is 35.5 Å². The normalized spacial score (nSPS) is 14.5. The number of anilines is 1. The number of methoxy groups -OCH3 is 1. The van der Waals surface area contributed by atoms with E-state index >= 15 is 0 Å². The lowest BCUT2D eigenvalue weighted by Gasteiger charge is -2.34. The summed E-state index contributed by atoms with van der Waals surface area (Å²) in [6.45, 7) is 2.64. The lowest BCUT2D eigenvalue weighted by atomic mass is 10.1. The molecule has 242 valence electrons. The molecule has 1 fully saturated rings. The van der Waals surface area contributed by atoms with E-state index in [0.29, 0.717) is 21.7 Å². The molecule has 1 unspecified atom stereocenters. The number of alkyl halides is 3. The molecule has 12 heteroatoms. The summed E-state index contributed by atoms with van der Waals surface area (Å²) >= 11 is 0. The molecule has 0 aromatic heterocycles. The van der Waals surface area contributed by atoms with Crippen molar-refractivity contribution in [2.75, 3.05) is 18.0 Å². The number of halogens is 3. The molecule has 1 N–H and O–H groups in total. The van der Waals surface area contributed by atoms with Gasteiger partial charge in [-0.3, -0.25) is 13.9 Å². The van der Waals surface area contributed by atoms with Gasteiger partial charge in [0, 0.05) is 12.6 Å². The highest BCUT2D eigenvalue weighted by atomic mass is 32.2. The van der Waals surface area contributed by atoms with Crippen LogP contribution in [0.2, 0.25) is 0 Å². The lowest BCUT2D eigenvalue weighted by molar-refractivity contribution is -0.140. The number of hydrogen-bond acceptors (Lipinski definition) is 5. The van der Waals surface area contributed by atoms with Gasteiger partial charge in [0.2, 0.25) is 11.8 Å². The Morgan fingerprint density at radius 3 is 2.22 bits per heavy atom. The summed E-state index contributed by atoms with van der Waals surface area (Å²) in [7, 11) is -3.00. The second-order valence-electron chi connectivity index (χ2n) is 11.2. The van der Waals surface area contributed by atoms with E-state index in [1.807, 2.05) is 0 Å². The number of amides is 2. The van der Waals surface area contributed by atoms with Gasteiger partial charge in [-0.2, -0.15) is 13.2 Å². The highest BCUT2D eigenvalue weighted by molar-refractivity contribution is 7.92. The zero-order chi connectivity index (χ0) is 32.8. The van der Waals surface area contributed by atoms with Crippen LogP contribution in [0, 0.1) is 6.92 Å². The zero-order valence-corrected chi connectivity index (χ0v) is 26.3. The van der Waals surface area contributed by atoms with Crippen LogP contribution in [0.5, 0.6) is 5.75 Å². The first-order valence-electron chi connectivity index (χ1n) is 14.8. The molecule has 1 saturated carbocycles. The monoisotopic (exact) mass is 645 g/mol. The van der Waals surface area contributed by atoms with Crippen LogP contribution in [0.4, 0.5) is 18.9 Å². The Morgan fingerprint density at radius 2 is 1.64 bits per heavy atom. The van der Waals surface area contributed by atoms with Gasteiger partial charge in [0.15, 0.2) is 0 Å². The summed E-state index contributed by atoms with van der Waals surface area (Å²) in [5.74, 6) is -0.520. The molecule has 0 radical (unpaired) electrons. The number of carbonyl (C=O) groups excluding carboxylic acids is 2. The molecule has 2 amide bonds. The fourth-order valence-corrected chi connectivity index (χ4v) is 6.82. The maximum Gasteiger partial charge on any atom is 0.416 e. The third-order valence-electron chi connectivity index (χ3n) is 7.95. The Hall–Kier alpha value is -4.06. The minimum Gasteiger partial charge on any atom is -0.497 e. The maximum absolute atomic E-state index is 14.2. The summed E-state index contributed by atoms with van der Waals surface area (Å²) in [6, 6.07) is 15.6. The number of nitrogens with zero attached hydrogens (tertiary/aromatic N) is 2. The SMILES string of the molecule is CCC(C(=O)NC1CCCC1)N(Cc1ccc(OC)cc1)C(=O)CN(c1cccc(C(F)(F)F)c1)S(=O)(=O)c1ccc(C)cc1. The summed E-state index contributed by atoms with van der Waals surface area (Å²) in [6.07, 6.45) is -0.891. The smallest absolute Gasteiger partial charge is 0.416 e. The number of sulfonamides is 1. The van der Waals surface area contributed by atoms with Crippen LogP contribution < -0.4 is 14.4 Å². The largest absolute Gasteiger partial charge is 0.497 e. The Bertz CT molecular complexity index is 1570. The predicted octanol–water partition coefficient (Wildman–Crippen LogP) is 6.08. The van der Waals surface area contributed by atoms with Crippen molar-refractivity contribution in [1.82, 2.24) is 10.2 Å². The second-order valence-corrected chi connectivity index (χ2v) is 13.0. The van der Waals surface area contributed by atoms with Gasteiger partial charge in [0.1, 0.15) is 18.3 Å².